The molecule has 0 heterocycles. The van der Waals surface area contributed by atoms with Crippen molar-refractivity contribution < 1.29 is 9.53 Å². The number of carbonyl (C=O) groups excluding carboxylic acids is 1. The van der Waals surface area contributed by atoms with E-state index in [9.17, 15) is 4.79 Å². The number of esters is 1. The van der Waals surface area contributed by atoms with Crippen molar-refractivity contribution in [2.75, 3.05) is 13.2 Å². The zero-order valence-electron chi connectivity index (χ0n) is 10.9. The lowest BCUT2D eigenvalue weighted by Crippen LogP contribution is -2.40. The molecule has 0 spiro atoms. The van der Waals surface area contributed by atoms with Crippen LogP contribution in [-0.4, -0.2) is 24.7 Å². The first-order valence-corrected chi connectivity index (χ1v) is 5.51. The van der Waals surface area contributed by atoms with Crippen LogP contribution in [0.3, 0.4) is 0 Å². The lowest BCUT2D eigenvalue weighted by atomic mass is 9.93. The molecule has 0 aliphatic carbocycles. The minimum Gasteiger partial charge on any atom is -0.465 e. The predicted octanol–water partition coefficient (Wildman–Crippen LogP) is 2.35. The number of hydrogen-bond donors (Lipinski definition) is 1. The number of hydrogen-bond acceptors (Lipinski definition) is 3. The second kappa shape index (κ2) is 5.50. The van der Waals surface area contributed by atoms with Crippen LogP contribution in [0.25, 0.3) is 0 Å². The molecule has 3 heteroatoms. The molecule has 0 bridgehead atoms. The summed E-state index contributed by atoms with van der Waals surface area (Å²) < 4.78 is 5.11. The van der Waals surface area contributed by atoms with Crippen LogP contribution in [0.4, 0.5) is 0 Å². The molecule has 0 aliphatic heterocycles. The average Bonchev–Trinajstić information content (AvgIpc) is 1.97. The highest BCUT2D eigenvalue weighted by Gasteiger charge is 2.14. The van der Waals surface area contributed by atoms with E-state index in [4.69, 9.17) is 4.74 Å². The molecule has 0 rings (SSSR count). The van der Waals surface area contributed by atoms with Crippen LogP contribution in [0.2, 0.25) is 0 Å². The minimum absolute atomic E-state index is 0.0386. The summed E-state index contributed by atoms with van der Waals surface area (Å²) >= 11 is 0. The zero-order chi connectivity index (χ0) is 12.1. The second-order valence-electron chi connectivity index (χ2n) is 6.13. The first-order chi connectivity index (χ1) is 6.60. The summed E-state index contributed by atoms with van der Waals surface area (Å²) in [5, 5.41) is 3.09. The number of nitrogens with one attached hydrogen (secondary N) is 1. The van der Waals surface area contributed by atoms with Crippen LogP contribution in [0.15, 0.2) is 0 Å². The summed E-state index contributed by atoms with van der Waals surface area (Å²) in [6.45, 7) is 13.3. The van der Waals surface area contributed by atoms with Gasteiger partial charge in [0.25, 0.3) is 0 Å². The van der Waals surface area contributed by atoms with Gasteiger partial charge in [-0.3, -0.25) is 4.79 Å². The monoisotopic (exact) mass is 215 g/mol. The van der Waals surface area contributed by atoms with E-state index >= 15 is 0 Å². The van der Waals surface area contributed by atoms with Crippen molar-refractivity contribution in [3.8, 4) is 0 Å². The Hall–Kier alpha value is -0.570. The molecule has 0 amide bonds. The zero-order valence-corrected chi connectivity index (χ0v) is 10.9. The Morgan fingerprint density at radius 1 is 1.13 bits per heavy atom. The molecule has 0 saturated carbocycles. The number of ether oxygens (including phenoxy) is 1. The van der Waals surface area contributed by atoms with Crippen molar-refractivity contribution in [1.29, 1.82) is 0 Å². The Labute approximate surface area is 93.6 Å². The number of carbonyl (C=O) groups is 1. The van der Waals surface area contributed by atoms with Gasteiger partial charge in [-0.05, 0) is 32.6 Å². The van der Waals surface area contributed by atoms with Crippen LogP contribution in [0.1, 0.15) is 48.0 Å². The third kappa shape index (κ3) is 11.4. The first kappa shape index (κ1) is 14.4. The topological polar surface area (TPSA) is 38.3 Å². The summed E-state index contributed by atoms with van der Waals surface area (Å²) in [7, 11) is 0. The minimum atomic E-state index is -0.172. The lowest BCUT2D eigenvalue weighted by Gasteiger charge is -2.21. The Morgan fingerprint density at radius 3 is 2.07 bits per heavy atom. The van der Waals surface area contributed by atoms with Gasteiger partial charge in [-0.1, -0.05) is 20.8 Å². The maximum absolute atomic E-state index is 11.3. The third-order valence-electron chi connectivity index (χ3n) is 1.88. The van der Waals surface area contributed by atoms with Crippen LogP contribution in [-0.2, 0) is 9.53 Å². The van der Waals surface area contributed by atoms with Crippen molar-refractivity contribution in [1.82, 2.24) is 5.32 Å². The van der Waals surface area contributed by atoms with Crippen molar-refractivity contribution in [3.63, 3.8) is 0 Å². The largest absolute Gasteiger partial charge is 0.465 e. The molecule has 0 atom stereocenters. The van der Waals surface area contributed by atoms with Crippen molar-refractivity contribution in [2.45, 2.75) is 53.5 Å². The predicted molar refractivity (Wildman–Crippen MR) is 62.8 cm³/mol. The molecule has 0 aliphatic rings. The van der Waals surface area contributed by atoms with E-state index in [-0.39, 0.29) is 23.5 Å². The smallest absolute Gasteiger partial charge is 0.319 e. The Kier molecular flexibility index (Phi) is 5.29. The highest BCUT2D eigenvalue weighted by atomic mass is 16.5. The van der Waals surface area contributed by atoms with Gasteiger partial charge in [-0.15, -0.1) is 0 Å². The van der Waals surface area contributed by atoms with Gasteiger partial charge in [0.05, 0.1) is 13.2 Å². The summed E-state index contributed by atoms with van der Waals surface area (Å²) in [5.74, 6) is -0.172. The van der Waals surface area contributed by atoms with Gasteiger partial charge in [-0.2, -0.15) is 0 Å². The Balaban J connectivity index is 3.60. The molecule has 3 nitrogen and oxygen atoms in total. The second-order valence-corrected chi connectivity index (χ2v) is 6.13. The van der Waals surface area contributed by atoms with Gasteiger partial charge in [-0.25, -0.2) is 0 Å². The maximum Gasteiger partial charge on any atom is 0.319 e. The van der Waals surface area contributed by atoms with E-state index in [2.05, 4.69) is 26.1 Å². The fourth-order valence-corrected chi connectivity index (χ4v) is 0.859. The lowest BCUT2D eigenvalue weighted by molar-refractivity contribution is -0.143. The van der Waals surface area contributed by atoms with Gasteiger partial charge in [0.1, 0.15) is 0 Å². The maximum atomic E-state index is 11.3. The third-order valence-corrected chi connectivity index (χ3v) is 1.88. The molecule has 0 radical (unpaired) electrons. The SMILES string of the molecule is CC(C)(C)CCOC(=O)CNC(C)(C)C. The molecule has 1 N–H and O–H groups in total. The Morgan fingerprint density at radius 2 is 1.67 bits per heavy atom. The fraction of sp³-hybridized carbons (Fsp3) is 0.917. The molecular weight excluding hydrogens is 190 g/mol. The van der Waals surface area contributed by atoms with E-state index in [0.29, 0.717) is 6.61 Å². The first-order valence-electron chi connectivity index (χ1n) is 5.51. The standard InChI is InChI=1S/C12H25NO2/c1-11(2,3)7-8-15-10(14)9-13-12(4,5)6/h13H,7-9H2,1-6H3. The van der Waals surface area contributed by atoms with Crippen molar-refractivity contribution >= 4 is 5.97 Å². The van der Waals surface area contributed by atoms with Gasteiger partial charge in [0.2, 0.25) is 0 Å². The van der Waals surface area contributed by atoms with Crippen LogP contribution >= 0.6 is 0 Å². The molecular formula is C12H25NO2. The van der Waals surface area contributed by atoms with Crippen molar-refractivity contribution in [2.24, 2.45) is 5.41 Å². The van der Waals surface area contributed by atoms with Crippen LogP contribution in [0.5, 0.6) is 0 Å². The summed E-state index contributed by atoms with van der Waals surface area (Å²) in [4.78, 5) is 11.3. The number of rotatable bonds is 4. The highest BCUT2D eigenvalue weighted by Crippen LogP contribution is 2.17. The molecule has 0 aromatic rings. The summed E-state index contributed by atoms with van der Waals surface area (Å²) in [6.07, 6.45) is 0.897. The van der Waals surface area contributed by atoms with Crippen LogP contribution in [0, 0.1) is 5.41 Å². The molecule has 0 unspecified atom stereocenters. The molecule has 90 valence electrons. The van der Waals surface area contributed by atoms with Gasteiger partial charge >= 0.3 is 5.97 Å². The average molecular weight is 215 g/mol. The van der Waals surface area contributed by atoms with Gasteiger partial charge < -0.3 is 10.1 Å². The Bertz CT molecular complexity index is 199. The van der Waals surface area contributed by atoms with Crippen molar-refractivity contribution in [3.05, 3.63) is 0 Å². The quantitative estimate of drug-likeness (QED) is 0.732. The molecule has 0 fully saturated rings. The van der Waals surface area contributed by atoms with E-state index in [1.165, 1.54) is 0 Å². The summed E-state index contributed by atoms with van der Waals surface area (Å²) in [6, 6.07) is 0. The molecule has 0 aromatic carbocycles. The highest BCUT2D eigenvalue weighted by molar-refractivity contribution is 5.71. The summed E-state index contributed by atoms with van der Waals surface area (Å²) in [5.41, 5.74) is 0.181. The normalized spacial score (nSPS) is 12.7. The van der Waals surface area contributed by atoms with Gasteiger partial charge in [0.15, 0.2) is 0 Å². The fourth-order valence-electron chi connectivity index (χ4n) is 0.859. The van der Waals surface area contributed by atoms with Gasteiger partial charge in [0, 0.05) is 5.54 Å². The molecule has 0 aromatic heterocycles. The van der Waals surface area contributed by atoms with E-state index in [1.54, 1.807) is 0 Å². The van der Waals surface area contributed by atoms with Crippen LogP contribution < -0.4 is 5.32 Å². The molecule has 15 heavy (non-hydrogen) atoms. The van der Waals surface area contributed by atoms with E-state index in [1.807, 2.05) is 20.8 Å². The van der Waals surface area contributed by atoms with E-state index < -0.39 is 0 Å². The molecule has 0 saturated heterocycles. The van der Waals surface area contributed by atoms with E-state index in [0.717, 1.165) is 6.42 Å².